The third kappa shape index (κ3) is 5.17. The van der Waals surface area contributed by atoms with E-state index >= 15 is 0 Å². The van der Waals surface area contributed by atoms with E-state index in [0.717, 1.165) is 28.1 Å². The molecule has 0 radical (unpaired) electrons. The summed E-state index contributed by atoms with van der Waals surface area (Å²) in [6.45, 7) is 7.66. The molecule has 33 heavy (non-hydrogen) atoms. The van der Waals surface area contributed by atoms with E-state index in [9.17, 15) is 14.4 Å². The van der Waals surface area contributed by atoms with Gasteiger partial charge in [-0.3, -0.25) is 9.59 Å². The third-order valence-corrected chi connectivity index (χ3v) is 5.36. The Labute approximate surface area is 192 Å². The Kier molecular flexibility index (Phi) is 7.07. The molecule has 8 nitrogen and oxygen atoms in total. The highest BCUT2D eigenvalue weighted by Crippen LogP contribution is 2.23. The number of benzene rings is 2. The standard InChI is InChI=1S/C25H26N4O4/c1-15-10-11-20(12-16(15)2)27-23(30)24(31)28-26-14-19-13-17(3)29(18(19)4)22-9-7-6-8-21(22)25(32)33-5/h6-14H,1-5H3,(H,27,30)(H,28,31)/b26-14+. The number of nitrogens with zero attached hydrogens (tertiary/aromatic N) is 2. The fourth-order valence-electron chi connectivity index (χ4n) is 3.46. The number of carbonyl (C=O) groups excluding carboxylic acids is 3. The highest BCUT2D eigenvalue weighted by Gasteiger charge is 2.17. The van der Waals surface area contributed by atoms with Crippen molar-refractivity contribution < 1.29 is 19.1 Å². The average molecular weight is 447 g/mol. The fraction of sp³-hybridized carbons (Fsp3) is 0.200. The Hall–Kier alpha value is -4.20. The number of amides is 2. The van der Waals surface area contributed by atoms with Gasteiger partial charge in [0.05, 0.1) is 24.6 Å². The van der Waals surface area contributed by atoms with E-state index in [1.165, 1.54) is 13.3 Å². The van der Waals surface area contributed by atoms with Crippen molar-refractivity contribution in [3.8, 4) is 5.69 Å². The summed E-state index contributed by atoms with van der Waals surface area (Å²) >= 11 is 0. The molecule has 1 heterocycles. The van der Waals surface area contributed by atoms with E-state index in [1.807, 2.05) is 56.5 Å². The molecule has 2 N–H and O–H groups in total. The van der Waals surface area contributed by atoms with Gasteiger partial charge in [-0.15, -0.1) is 0 Å². The lowest BCUT2D eigenvalue weighted by atomic mass is 10.1. The monoisotopic (exact) mass is 446 g/mol. The number of aryl methyl sites for hydroxylation is 3. The zero-order valence-corrected chi connectivity index (χ0v) is 19.2. The summed E-state index contributed by atoms with van der Waals surface area (Å²) in [6, 6.07) is 14.4. The minimum absolute atomic E-state index is 0.432. The number of carbonyl (C=O) groups is 3. The van der Waals surface area contributed by atoms with Crippen LogP contribution in [0.4, 0.5) is 5.69 Å². The van der Waals surface area contributed by atoms with Gasteiger partial charge in [-0.2, -0.15) is 5.10 Å². The molecular formula is C25H26N4O4. The Balaban J connectivity index is 1.74. The molecule has 0 aliphatic rings. The zero-order chi connectivity index (χ0) is 24.1. The molecule has 0 spiro atoms. The maximum Gasteiger partial charge on any atom is 0.339 e. The van der Waals surface area contributed by atoms with Crippen LogP contribution < -0.4 is 10.7 Å². The van der Waals surface area contributed by atoms with Crippen molar-refractivity contribution in [1.82, 2.24) is 9.99 Å². The number of para-hydroxylation sites is 1. The van der Waals surface area contributed by atoms with Crippen molar-refractivity contribution in [2.24, 2.45) is 5.10 Å². The molecule has 0 aliphatic heterocycles. The van der Waals surface area contributed by atoms with Crippen LogP contribution >= 0.6 is 0 Å². The van der Waals surface area contributed by atoms with Gasteiger partial charge in [0, 0.05) is 22.6 Å². The van der Waals surface area contributed by atoms with Gasteiger partial charge >= 0.3 is 17.8 Å². The Morgan fingerprint density at radius 3 is 2.36 bits per heavy atom. The molecule has 0 fully saturated rings. The lowest BCUT2D eigenvalue weighted by Crippen LogP contribution is -2.32. The molecule has 0 unspecified atom stereocenters. The minimum atomic E-state index is -0.880. The molecule has 1 aromatic heterocycles. The second-order valence-corrected chi connectivity index (χ2v) is 7.62. The van der Waals surface area contributed by atoms with E-state index in [4.69, 9.17) is 4.74 Å². The predicted octanol–water partition coefficient (Wildman–Crippen LogP) is 3.59. The predicted molar refractivity (Wildman–Crippen MR) is 127 cm³/mol. The largest absolute Gasteiger partial charge is 0.465 e. The molecule has 3 rings (SSSR count). The quantitative estimate of drug-likeness (QED) is 0.271. The molecule has 8 heteroatoms. The maximum atomic E-state index is 12.2. The van der Waals surface area contributed by atoms with Crippen LogP contribution in [-0.2, 0) is 14.3 Å². The maximum absolute atomic E-state index is 12.2. The normalized spacial score (nSPS) is 10.8. The topological polar surface area (TPSA) is 102 Å². The van der Waals surface area contributed by atoms with Crippen LogP contribution in [0.1, 0.15) is 38.4 Å². The van der Waals surface area contributed by atoms with Crippen molar-refractivity contribution in [2.75, 3.05) is 12.4 Å². The summed E-state index contributed by atoms with van der Waals surface area (Å²) in [4.78, 5) is 36.4. The van der Waals surface area contributed by atoms with Gasteiger partial charge in [0.2, 0.25) is 0 Å². The molecule has 3 aromatic rings. The van der Waals surface area contributed by atoms with Crippen LogP contribution in [0.2, 0.25) is 0 Å². The van der Waals surface area contributed by atoms with E-state index in [0.29, 0.717) is 16.9 Å². The van der Waals surface area contributed by atoms with Gasteiger partial charge in [-0.05, 0) is 69.2 Å². The Morgan fingerprint density at radius 1 is 0.939 bits per heavy atom. The molecule has 0 saturated heterocycles. The number of nitrogens with one attached hydrogen (secondary N) is 2. The lowest BCUT2D eigenvalue weighted by Gasteiger charge is -2.13. The van der Waals surface area contributed by atoms with Crippen molar-refractivity contribution in [3.05, 3.63) is 82.2 Å². The first kappa shape index (κ1) is 23.5. The summed E-state index contributed by atoms with van der Waals surface area (Å²) in [5.74, 6) is -2.13. The summed E-state index contributed by atoms with van der Waals surface area (Å²) < 4.78 is 6.79. The number of esters is 1. The van der Waals surface area contributed by atoms with Gasteiger partial charge in [-0.1, -0.05) is 18.2 Å². The molecule has 2 amide bonds. The van der Waals surface area contributed by atoms with Crippen LogP contribution in [0.5, 0.6) is 0 Å². The highest BCUT2D eigenvalue weighted by molar-refractivity contribution is 6.39. The number of methoxy groups -OCH3 is 1. The van der Waals surface area contributed by atoms with Crippen molar-refractivity contribution >= 4 is 29.7 Å². The lowest BCUT2D eigenvalue weighted by molar-refractivity contribution is -0.136. The van der Waals surface area contributed by atoms with Gasteiger partial charge in [-0.25, -0.2) is 10.2 Å². The van der Waals surface area contributed by atoms with Crippen LogP contribution in [0.15, 0.2) is 53.6 Å². The Bertz CT molecular complexity index is 1260. The molecule has 0 bridgehead atoms. The summed E-state index contributed by atoms with van der Waals surface area (Å²) in [5.41, 5.74) is 8.39. The molecule has 0 atom stereocenters. The third-order valence-electron chi connectivity index (χ3n) is 5.36. The van der Waals surface area contributed by atoms with Crippen LogP contribution in [-0.4, -0.2) is 35.7 Å². The number of rotatable bonds is 5. The Morgan fingerprint density at radius 2 is 1.67 bits per heavy atom. The van der Waals surface area contributed by atoms with Crippen molar-refractivity contribution in [3.63, 3.8) is 0 Å². The first-order valence-electron chi connectivity index (χ1n) is 10.3. The number of ether oxygens (including phenoxy) is 1. The minimum Gasteiger partial charge on any atom is -0.465 e. The van der Waals surface area contributed by atoms with E-state index < -0.39 is 17.8 Å². The van der Waals surface area contributed by atoms with E-state index in [-0.39, 0.29) is 0 Å². The summed E-state index contributed by atoms with van der Waals surface area (Å²) in [6.07, 6.45) is 1.46. The van der Waals surface area contributed by atoms with Gasteiger partial charge < -0.3 is 14.6 Å². The van der Waals surface area contributed by atoms with Crippen LogP contribution in [0.3, 0.4) is 0 Å². The van der Waals surface area contributed by atoms with Crippen LogP contribution in [0, 0.1) is 27.7 Å². The van der Waals surface area contributed by atoms with Crippen molar-refractivity contribution in [2.45, 2.75) is 27.7 Å². The molecule has 170 valence electrons. The first-order chi connectivity index (χ1) is 15.7. The van der Waals surface area contributed by atoms with Gasteiger partial charge in [0.1, 0.15) is 0 Å². The highest BCUT2D eigenvalue weighted by atomic mass is 16.5. The number of aromatic nitrogens is 1. The van der Waals surface area contributed by atoms with E-state index in [1.54, 1.807) is 24.3 Å². The fourth-order valence-corrected chi connectivity index (χ4v) is 3.46. The molecule has 0 saturated carbocycles. The summed E-state index contributed by atoms with van der Waals surface area (Å²) in [7, 11) is 1.34. The van der Waals surface area contributed by atoms with E-state index in [2.05, 4.69) is 15.8 Å². The van der Waals surface area contributed by atoms with Gasteiger partial charge in [0.15, 0.2) is 0 Å². The van der Waals surface area contributed by atoms with Gasteiger partial charge in [0.25, 0.3) is 0 Å². The molecule has 2 aromatic carbocycles. The number of hydrogen-bond donors (Lipinski definition) is 2. The molecular weight excluding hydrogens is 420 g/mol. The first-order valence-corrected chi connectivity index (χ1v) is 10.3. The number of hydrogen-bond acceptors (Lipinski definition) is 5. The van der Waals surface area contributed by atoms with Crippen molar-refractivity contribution in [1.29, 1.82) is 0 Å². The smallest absolute Gasteiger partial charge is 0.339 e. The SMILES string of the molecule is COC(=O)c1ccccc1-n1c(C)cc(/C=N/NC(=O)C(=O)Nc2ccc(C)c(C)c2)c1C. The summed E-state index contributed by atoms with van der Waals surface area (Å²) in [5, 5.41) is 6.48. The number of hydrazone groups is 1. The second-order valence-electron chi connectivity index (χ2n) is 7.62. The average Bonchev–Trinajstić information content (AvgIpc) is 3.08. The number of anilines is 1. The zero-order valence-electron chi connectivity index (χ0n) is 19.2. The molecule has 0 aliphatic carbocycles. The van der Waals surface area contributed by atoms with Crippen LogP contribution in [0.25, 0.3) is 5.69 Å². The second kappa shape index (κ2) is 9.95.